The van der Waals surface area contributed by atoms with Crippen LogP contribution in [0, 0.1) is 0 Å². The third-order valence-corrected chi connectivity index (χ3v) is 4.02. The summed E-state index contributed by atoms with van der Waals surface area (Å²) in [6.45, 7) is 0. The second-order valence-corrected chi connectivity index (χ2v) is 5.48. The Morgan fingerprint density at radius 2 is 1.48 bits per heavy atom. The maximum absolute atomic E-state index is 6.39. The summed E-state index contributed by atoms with van der Waals surface area (Å²) in [5, 5.41) is 4.17. The summed E-state index contributed by atoms with van der Waals surface area (Å²) in [6, 6.07) is 24.6. The van der Waals surface area contributed by atoms with E-state index in [1.54, 1.807) is 0 Å². The highest BCUT2D eigenvalue weighted by Crippen LogP contribution is 2.29. The van der Waals surface area contributed by atoms with Crippen molar-refractivity contribution >= 4 is 33.3 Å². The van der Waals surface area contributed by atoms with Gasteiger partial charge in [0, 0.05) is 10.9 Å². The van der Waals surface area contributed by atoms with Gasteiger partial charge in [0.15, 0.2) is 0 Å². The molecule has 4 aromatic rings. The van der Waals surface area contributed by atoms with Crippen molar-refractivity contribution in [2.75, 3.05) is 0 Å². The lowest BCUT2D eigenvalue weighted by Gasteiger charge is -2.07. The van der Waals surface area contributed by atoms with Gasteiger partial charge in [-0.05, 0) is 29.0 Å². The van der Waals surface area contributed by atoms with Gasteiger partial charge in [-0.1, -0.05) is 66.2 Å². The first kappa shape index (κ1) is 12.4. The molecule has 4 rings (SSSR count). The molecule has 0 saturated carbocycles. The largest absolute Gasteiger partial charge is 0.248 e. The molecular weight excluding hydrogens is 278 g/mol. The second kappa shape index (κ2) is 4.87. The van der Waals surface area contributed by atoms with Crippen LogP contribution in [0.25, 0.3) is 32.9 Å². The molecule has 1 heterocycles. The molecule has 0 saturated heterocycles. The molecule has 0 aliphatic carbocycles. The highest BCUT2D eigenvalue weighted by Gasteiger charge is 2.06. The molecule has 0 radical (unpaired) electrons. The zero-order valence-electron chi connectivity index (χ0n) is 11.3. The van der Waals surface area contributed by atoms with Crippen LogP contribution in [0.4, 0.5) is 0 Å². The highest BCUT2D eigenvalue weighted by atomic mass is 35.5. The first-order valence-electron chi connectivity index (χ1n) is 6.86. The van der Waals surface area contributed by atoms with Crippen molar-refractivity contribution < 1.29 is 0 Å². The molecule has 0 N–H and O–H groups in total. The number of para-hydroxylation sites is 1. The minimum Gasteiger partial charge on any atom is -0.248 e. The van der Waals surface area contributed by atoms with E-state index in [-0.39, 0.29) is 0 Å². The maximum Gasteiger partial charge on any atom is 0.0724 e. The number of nitrogens with zero attached hydrogens (tertiary/aromatic N) is 1. The average Bonchev–Trinajstić information content (AvgIpc) is 2.54. The van der Waals surface area contributed by atoms with Crippen molar-refractivity contribution in [3.8, 4) is 11.3 Å². The van der Waals surface area contributed by atoms with Crippen LogP contribution in [0.2, 0.25) is 5.02 Å². The van der Waals surface area contributed by atoms with Crippen molar-refractivity contribution in [2.24, 2.45) is 0 Å². The van der Waals surface area contributed by atoms with Crippen molar-refractivity contribution in [3.63, 3.8) is 0 Å². The molecule has 100 valence electrons. The summed E-state index contributed by atoms with van der Waals surface area (Å²) in [5.74, 6) is 0. The van der Waals surface area contributed by atoms with Crippen LogP contribution in [-0.2, 0) is 0 Å². The summed E-state index contributed by atoms with van der Waals surface area (Å²) in [7, 11) is 0. The lowest BCUT2D eigenvalue weighted by atomic mass is 10.0. The Labute approximate surface area is 127 Å². The first-order chi connectivity index (χ1) is 10.3. The molecule has 0 bridgehead atoms. The molecule has 1 nitrogen and oxygen atoms in total. The molecule has 0 spiro atoms. The number of fused-ring (bicyclic) bond motifs is 2. The molecule has 1 aromatic heterocycles. The number of benzene rings is 3. The van der Waals surface area contributed by atoms with E-state index < -0.39 is 0 Å². The fourth-order valence-corrected chi connectivity index (χ4v) is 2.89. The smallest absolute Gasteiger partial charge is 0.0724 e. The minimum absolute atomic E-state index is 0.740. The Balaban J connectivity index is 1.95. The third kappa shape index (κ3) is 2.16. The fourth-order valence-electron chi connectivity index (χ4n) is 2.63. The molecule has 0 atom stereocenters. The van der Waals surface area contributed by atoms with Crippen molar-refractivity contribution in [1.29, 1.82) is 0 Å². The minimum atomic E-state index is 0.740. The van der Waals surface area contributed by atoms with E-state index in [0.717, 1.165) is 27.2 Å². The Bertz CT molecular complexity index is 960. The SMILES string of the molecule is Clc1cc(-c2ccc3ccccc3c2)nc2ccccc12. The summed E-state index contributed by atoms with van der Waals surface area (Å²) >= 11 is 6.39. The van der Waals surface area contributed by atoms with Gasteiger partial charge in [-0.25, -0.2) is 4.98 Å². The van der Waals surface area contributed by atoms with Crippen LogP contribution >= 0.6 is 11.6 Å². The number of aromatic nitrogens is 1. The van der Waals surface area contributed by atoms with Crippen molar-refractivity contribution in [3.05, 3.63) is 77.8 Å². The fraction of sp³-hybridized carbons (Fsp3) is 0. The number of pyridine rings is 1. The molecular formula is C19H12ClN. The summed E-state index contributed by atoms with van der Waals surface area (Å²) in [4.78, 5) is 4.73. The van der Waals surface area contributed by atoms with Crippen LogP contribution < -0.4 is 0 Å². The molecule has 0 aliphatic heterocycles. The Kier molecular flexibility index (Phi) is 2.87. The summed E-state index contributed by atoms with van der Waals surface area (Å²) in [6.07, 6.45) is 0. The molecule has 0 aliphatic rings. The second-order valence-electron chi connectivity index (χ2n) is 5.07. The van der Waals surface area contributed by atoms with Crippen LogP contribution in [0.3, 0.4) is 0 Å². The van der Waals surface area contributed by atoms with Crippen molar-refractivity contribution in [1.82, 2.24) is 4.98 Å². The molecule has 3 aromatic carbocycles. The normalized spacial score (nSPS) is 11.1. The van der Waals surface area contributed by atoms with E-state index in [1.807, 2.05) is 42.5 Å². The zero-order valence-corrected chi connectivity index (χ0v) is 12.0. The average molecular weight is 290 g/mol. The lowest BCUT2D eigenvalue weighted by Crippen LogP contribution is -1.87. The Hall–Kier alpha value is -2.38. The topological polar surface area (TPSA) is 12.9 Å². The zero-order chi connectivity index (χ0) is 14.2. The maximum atomic E-state index is 6.39. The van der Waals surface area contributed by atoms with E-state index >= 15 is 0 Å². The predicted octanol–water partition coefficient (Wildman–Crippen LogP) is 5.71. The number of hydrogen-bond donors (Lipinski definition) is 0. The van der Waals surface area contributed by atoms with Gasteiger partial charge in [0.2, 0.25) is 0 Å². The number of hydrogen-bond acceptors (Lipinski definition) is 1. The van der Waals surface area contributed by atoms with E-state index in [4.69, 9.17) is 16.6 Å². The first-order valence-corrected chi connectivity index (χ1v) is 7.23. The lowest BCUT2D eigenvalue weighted by molar-refractivity contribution is 1.40. The van der Waals surface area contributed by atoms with Gasteiger partial charge in [-0.3, -0.25) is 0 Å². The molecule has 21 heavy (non-hydrogen) atoms. The van der Waals surface area contributed by atoms with Gasteiger partial charge in [0.05, 0.1) is 16.2 Å². The van der Waals surface area contributed by atoms with Crippen molar-refractivity contribution in [2.45, 2.75) is 0 Å². The molecule has 0 unspecified atom stereocenters. The van der Waals surface area contributed by atoms with Gasteiger partial charge in [-0.2, -0.15) is 0 Å². The highest BCUT2D eigenvalue weighted by molar-refractivity contribution is 6.35. The number of rotatable bonds is 1. The summed E-state index contributed by atoms with van der Waals surface area (Å²) in [5.41, 5.74) is 2.92. The van der Waals surface area contributed by atoms with E-state index in [1.165, 1.54) is 10.8 Å². The van der Waals surface area contributed by atoms with E-state index in [0.29, 0.717) is 0 Å². The van der Waals surface area contributed by atoms with Gasteiger partial charge >= 0.3 is 0 Å². The Morgan fingerprint density at radius 1 is 0.714 bits per heavy atom. The van der Waals surface area contributed by atoms with Crippen LogP contribution in [0.15, 0.2) is 72.8 Å². The third-order valence-electron chi connectivity index (χ3n) is 3.71. The monoisotopic (exact) mass is 289 g/mol. The van der Waals surface area contributed by atoms with Gasteiger partial charge < -0.3 is 0 Å². The number of halogens is 1. The van der Waals surface area contributed by atoms with Crippen LogP contribution in [-0.4, -0.2) is 4.98 Å². The quantitative estimate of drug-likeness (QED) is 0.437. The van der Waals surface area contributed by atoms with Gasteiger partial charge in [-0.15, -0.1) is 0 Å². The van der Waals surface area contributed by atoms with Crippen LogP contribution in [0.5, 0.6) is 0 Å². The molecule has 2 heteroatoms. The van der Waals surface area contributed by atoms with Crippen LogP contribution in [0.1, 0.15) is 0 Å². The van der Waals surface area contributed by atoms with E-state index in [2.05, 4.69) is 30.3 Å². The summed E-state index contributed by atoms with van der Waals surface area (Å²) < 4.78 is 0. The van der Waals surface area contributed by atoms with Gasteiger partial charge in [0.25, 0.3) is 0 Å². The molecule has 0 amide bonds. The van der Waals surface area contributed by atoms with E-state index in [9.17, 15) is 0 Å². The standard InChI is InChI=1S/C19H12ClN/c20-17-12-19(21-18-8-4-3-7-16(17)18)15-10-9-13-5-1-2-6-14(13)11-15/h1-12H. The predicted molar refractivity (Wildman–Crippen MR) is 89.7 cm³/mol. The van der Waals surface area contributed by atoms with Gasteiger partial charge in [0.1, 0.15) is 0 Å². The molecule has 0 fully saturated rings. The Morgan fingerprint density at radius 3 is 2.38 bits per heavy atom.